The Morgan fingerprint density at radius 1 is 0.844 bits per heavy atom. The highest BCUT2D eigenvalue weighted by molar-refractivity contribution is 5.62. The van der Waals surface area contributed by atoms with Crippen LogP contribution in [0.15, 0.2) is 48.8 Å². The summed E-state index contributed by atoms with van der Waals surface area (Å²) in [6, 6.07) is 7.19. The summed E-state index contributed by atoms with van der Waals surface area (Å²) < 4.78 is 80.7. The minimum absolute atomic E-state index is 0.107. The third-order valence-electron chi connectivity index (χ3n) is 5.29. The lowest BCUT2D eigenvalue weighted by molar-refractivity contribution is -0.138. The zero-order chi connectivity index (χ0) is 23.1. The van der Waals surface area contributed by atoms with Gasteiger partial charge in [-0.2, -0.15) is 26.3 Å². The Hall–Kier alpha value is -3.24. The molecule has 0 atom stereocenters. The number of rotatable bonds is 3. The summed E-state index contributed by atoms with van der Waals surface area (Å²) in [4.78, 5) is 11.9. The lowest BCUT2D eigenvalue weighted by Gasteiger charge is -2.36. The monoisotopic (exact) mass is 455 g/mol. The Bertz CT molecular complexity index is 1100. The van der Waals surface area contributed by atoms with E-state index in [1.54, 1.807) is 28.8 Å². The van der Waals surface area contributed by atoms with E-state index in [0.717, 1.165) is 18.2 Å². The van der Waals surface area contributed by atoms with Crippen LogP contribution in [0.3, 0.4) is 0 Å². The summed E-state index contributed by atoms with van der Waals surface area (Å²) in [5.41, 5.74) is -0.812. The molecule has 1 aromatic carbocycles. The molecule has 4 rings (SSSR count). The molecule has 0 bridgehead atoms. The summed E-state index contributed by atoms with van der Waals surface area (Å²) in [5, 5.41) is 0. The van der Waals surface area contributed by atoms with Crippen LogP contribution in [0.4, 0.5) is 38.1 Å². The molecule has 11 heteroatoms. The molecule has 0 radical (unpaired) electrons. The van der Waals surface area contributed by atoms with Crippen LogP contribution in [0.5, 0.6) is 0 Å². The van der Waals surface area contributed by atoms with Gasteiger partial charge >= 0.3 is 12.4 Å². The molecule has 3 aromatic rings. The van der Waals surface area contributed by atoms with E-state index in [9.17, 15) is 26.3 Å². The molecule has 0 spiro atoms. The van der Waals surface area contributed by atoms with E-state index < -0.39 is 23.5 Å². The number of nitrogens with zero attached hydrogens (tertiary/aromatic N) is 5. The van der Waals surface area contributed by atoms with Crippen molar-refractivity contribution in [3.05, 3.63) is 59.9 Å². The Morgan fingerprint density at radius 2 is 1.53 bits per heavy atom. The number of anilines is 2. The molecule has 0 unspecified atom stereocenters. The van der Waals surface area contributed by atoms with Crippen LogP contribution >= 0.6 is 0 Å². The highest BCUT2D eigenvalue weighted by Crippen LogP contribution is 2.36. The summed E-state index contributed by atoms with van der Waals surface area (Å²) >= 11 is 0. The number of pyridine rings is 1. The molecular formula is C21H19F6N5. The Morgan fingerprint density at radius 3 is 2.19 bits per heavy atom. The summed E-state index contributed by atoms with van der Waals surface area (Å²) in [7, 11) is 1.73. The molecule has 1 aliphatic heterocycles. The molecule has 0 amide bonds. The Labute approximate surface area is 179 Å². The maximum absolute atomic E-state index is 13.3. The molecule has 5 nitrogen and oxygen atoms in total. The van der Waals surface area contributed by atoms with Crippen LogP contribution < -0.4 is 9.80 Å². The minimum atomic E-state index is -4.50. The number of hydrogen-bond acceptors (Lipinski definition) is 4. The van der Waals surface area contributed by atoms with E-state index >= 15 is 0 Å². The van der Waals surface area contributed by atoms with Crippen molar-refractivity contribution in [1.29, 1.82) is 0 Å². The van der Waals surface area contributed by atoms with Crippen molar-refractivity contribution >= 4 is 11.8 Å². The predicted octanol–water partition coefficient (Wildman–Crippen LogP) is 4.85. The molecule has 1 aliphatic rings. The van der Waals surface area contributed by atoms with E-state index in [2.05, 4.69) is 9.97 Å². The van der Waals surface area contributed by atoms with E-state index in [1.807, 2.05) is 4.90 Å². The van der Waals surface area contributed by atoms with Crippen LogP contribution in [0.2, 0.25) is 0 Å². The molecule has 170 valence electrons. The smallest absolute Gasteiger partial charge is 0.353 e. The van der Waals surface area contributed by atoms with Crippen molar-refractivity contribution in [2.75, 3.05) is 36.0 Å². The fraction of sp³-hybridized carbons (Fsp3) is 0.333. The fourth-order valence-electron chi connectivity index (χ4n) is 3.73. The van der Waals surface area contributed by atoms with Gasteiger partial charge in [-0.1, -0.05) is 12.1 Å². The third-order valence-corrected chi connectivity index (χ3v) is 5.29. The lowest BCUT2D eigenvalue weighted by atomic mass is 10.1. The van der Waals surface area contributed by atoms with Crippen molar-refractivity contribution in [3.63, 3.8) is 0 Å². The standard InChI is InChI=1S/C21H19F6N5/c1-30-13-17(14-4-2-5-15(12-14)20(22,23)24)29-19(30)32-10-8-31(9-11-32)18-16(21(25,26)27)6-3-7-28-18/h2-7,12-13H,8-11H2,1H3. The average molecular weight is 455 g/mol. The van der Waals surface area contributed by atoms with E-state index in [4.69, 9.17) is 0 Å². The molecule has 3 heterocycles. The molecular weight excluding hydrogens is 436 g/mol. The highest BCUT2D eigenvalue weighted by Gasteiger charge is 2.36. The van der Waals surface area contributed by atoms with E-state index in [0.29, 0.717) is 43.4 Å². The van der Waals surface area contributed by atoms with Gasteiger partial charge in [-0.3, -0.25) is 0 Å². The van der Waals surface area contributed by atoms with Gasteiger partial charge in [0.15, 0.2) is 0 Å². The topological polar surface area (TPSA) is 37.2 Å². The average Bonchev–Trinajstić information content (AvgIpc) is 3.14. The third kappa shape index (κ3) is 4.37. The quantitative estimate of drug-likeness (QED) is 0.530. The van der Waals surface area contributed by atoms with Crippen LogP contribution in [0.1, 0.15) is 11.1 Å². The summed E-state index contributed by atoms with van der Waals surface area (Å²) in [6.07, 6.45) is -5.99. The highest BCUT2D eigenvalue weighted by atomic mass is 19.4. The number of piperazine rings is 1. The SMILES string of the molecule is Cn1cc(-c2cccc(C(F)(F)F)c2)nc1N1CCN(c2ncccc2C(F)(F)F)CC1. The minimum Gasteiger partial charge on any atom is -0.353 e. The Balaban J connectivity index is 1.52. The second-order valence-electron chi connectivity index (χ2n) is 7.46. The normalized spacial score (nSPS) is 15.3. The van der Waals surface area contributed by atoms with Crippen molar-refractivity contribution in [2.24, 2.45) is 7.05 Å². The largest absolute Gasteiger partial charge is 0.419 e. The van der Waals surface area contributed by atoms with Crippen molar-refractivity contribution in [2.45, 2.75) is 12.4 Å². The Kier molecular flexibility index (Phi) is 5.51. The number of imidazole rings is 1. The van der Waals surface area contributed by atoms with Crippen LogP contribution in [-0.4, -0.2) is 40.7 Å². The molecule has 1 saturated heterocycles. The second-order valence-corrected chi connectivity index (χ2v) is 7.46. The molecule has 1 fully saturated rings. The second kappa shape index (κ2) is 8.03. The lowest BCUT2D eigenvalue weighted by Crippen LogP contribution is -2.48. The molecule has 0 aliphatic carbocycles. The number of alkyl halides is 6. The molecule has 2 aromatic heterocycles. The predicted molar refractivity (Wildman–Crippen MR) is 107 cm³/mol. The molecule has 32 heavy (non-hydrogen) atoms. The first-order chi connectivity index (χ1) is 15.0. The van der Waals surface area contributed by atoms with Gasteiger partial charge in [0.1, 0.15) is 5.82 Å². The van der Waals surface area contributed by atoms with Crippen LogP contribution in [0, 0.1) is 0 Å². The first-order valence-corrected chi connectivity index (χ1v) is 9.77. The van der Waals surface area contributed by atoms with Gasteiger partial charge in [0.25, 0.3) is 0 Å². The van der Waals surface area contributed by atoms with Crippen molar-refractivity contribution in [3.8, 4) is 11.3 Å². The van der Waals surface area contributed by atoms with Gasteiger partial charge in [0.05, 0.1) is 16.8 Å². The first-order valence-electron chi connectivity index (χ1n) is 9.77. The number of aromatic nitrogens is 3. The molecule has 0 saturated carbocycles. The zero-order valence-electron chi connectivity index (χ0n) is 17.0. The van der Waals surface area contributed by atoms with Crippen LogP contribution in [-0.2, 0) is 19.4 Å². The van der Waals surface area contributed by atoms with Crippen molar-refractivity contribution in [1.82, 2.24) is 14.5 Å². The number of benzene rings is 1. The van der Waals surface area contributed by atoms with E-state index in [1.165, 1.54) is 18.3 Å². The fourth-order valence-corrected chi connectivity index (χ4v) is 3.73. The number of hydrogen-bond donors (Lipinski definition) is 0. The van der Waals surface area contributed by atoms with Crippen molar-refractivity contribution < 1.29 is 26.3 Å². The van der Waals surface area contributed by atoms with Gasteiger partial charge in [-0.05, 0) is 24.3 Å². The van der Waals surface area contributed by atoms with Gasteiger partial charge in [-0.25, -0.2) is 9.97 Å². The maximum atomic E-state index is 13.3. The first kappa shape index (κ1) is 22.0. The van der Waals surface area contributed by atoms with Crippen LogP contribution in [0.25, 0.3) is 11.3 Å². The maximum Gasteiger partial charge on any atom is 0.419 e. The van der Waals surface area contributed by atoms with Gasteiger partial charge < -0.3 is 14.4 Å². The van der Waals surface area contributed by atoms with Gasteiger partial charge in [0.2, 0.25) is 5.95 Å². The number of aryl methyl sites for hydroxylation is 1. The molecule has 0 N–H and O–H groups in total. The van der Waals surface area contributed by atoms with Gasteiger partial charge in [-0.15, -0.1) is 0 Å². The zero-order valence-corrected chi connectivity index (χ0v) is 17.0. The summed E-state index contributed by atoms with van der Waals surface area (Å²) in [6.45, 7) is 1.37. The van der Waals surface area contributed by atoms with E-state index in [-0.39, 0.29) is 5.82 Å². The van der Waals surface area contributed by atoms with Gasteiger partial charge in [0, 0.05) is 51.2 Å². The number of halogens is 6. The summed E-state index contributed by atoms with van der Waals surface area (Å²) in [5.74, 6) is 0.429.